The number of pyridine rings is 1. The molecule has 1 aliphatic rings. The van der Waals surface area contributed by atoms with E-state index in [1.807, 2.05) is 0 Å². The Morgan fingerprint density at radius 1 is 1.14 bits per heavy atom. The summed E-state index contributed by atoms with van der Waals surface area (Å²) in [7, 11) is 0. The third-order valence-corrected chi connectivity index (χ3v) is 7.53. The second-order valence-electron chi connectivity index (χ2n) is 9.46. The number of aryl methyl sites for hydroxylation is 2. The van der Waals surface area contributed by atoms with E-state index >= 15 is 0 Å². The van der Waals surface area contributed by atoms with Crippen LogP contribution in [0.2, 0.25) is 10.0 Å². The van der Waals surface area contributed by atoms with Crippen LogP contribution in [-0.2, 0) is 17.5 Å². The number of carbonyl (C=O) groups excluding carboxylic acids is 2. The summed E-state index contributed by atoms with van der Waals surface area (Å²) in [5.74, 6) is 0.223. The molecule has 1 aliphatic heterocycles. The minimum Gasteiger partial charge on any atom is -0.341 e. The molecule has 1 amide bonds. The summed E-state index contributed by atoms with van der Waals surface area (Å²) in [6.45, 7) is 6.09. The second kappa shape index (κ2) is 10.1. The maximum absolute atomic E-state index is 13.3. The van der Waals surface area contributed by atoms with Gasteiger partial charge >= 0.3 is 6.18 Å². The molecule has 3 aromatic rings. The Bertz CT molecular complexity index is 1340. The zero-order chi connectivity index (χ0) is 26.4. The van der Waals surface area contributed by atoms with Crippen LogP contribution < -0.4 is 0 Å². The lowest BCUT2D eigenvalue weighted by molar-refractivity contribution is -0.141. The molecule has 0 radical (unpaired) electrons. The fraction of sp³-hybridized carbons (Fsp3) is 0.423. The summed E-state index contributed by atoms with van der Waals surface area (Å²) < 4.78 is 41.6. The van der Waals surface area contributed by atoms with E-state index in [1.165, 1.54) is 6.92 Å². The number of likely N-dealkylation sites (tertiary alicyclic amines) is 1. The number of hydrogen-bond acceptors (Lipinski definition) is 3. The molecule has 0 atom stereocenters. The molecule has 0 spiro atoms. The summed E-state index contributed by atoms with van der Waals surface area (Å²) in [6, 6.07) is 4.26. The molecule has 0 aliphatic carbocycles. The zero-order valence-electron chi connectivity index (χ0n) is 20.2. The molecule has 192 valence electrons. The first-order chi connectivity index (χ1) is 16.9. The minimum absolute atomic E-state index is 0.151. The average Bonchev–Trinajstić information content (AvgIpc) is 3.11. The highest BCUT2D eigenvalue weighted by Crippen LogP contribution is 2.35. The van der Waals surface area contributed by atoms with Gasteiger partial charge in [0.15, 0.2) is 0 Å². The van der Waals surface area contributed by atoms with Crippen molar-refractivity contribution in [1.82, 2.24) is 14.5 Å². The molecule has 0 saturated carbocycles. The van der Waals surface area contributed by atoms with Gasteiger partial charge in [-0.2, -0.15) is 13.2 Å². The number of benzene rings is 1. The van der Waals surface area contributed by atoms with Crippen LogP contribution in [0.4, 0.5) is 13.2 Å². The van der Waals surface area contributed by atoms with Crippen LogP contribution in [0.3, 0.4) is 0 Å². The second-order valence-corrected chi connectivity index (χ2v) is 10.2. The molecular formula is C26H26Cl2F3N3O2. The highest BCUT2D eigenvalue weighted by molar-refractivity contribution is 6.38. The molecule has 1 aromatic carbocycles. The number of piperidine rings is 1. The quantitative estimate of drug-likeness (QED) is 0.356. The van der Waals surface area contributed by atoms with Crippen molar-refractivity contribution in [3.63, 3.8) is 0 Å². The lowest BCUT2D eigenvalue weighted by Crippen LogP contribution is -2.39. The number of halogens is 5. The van der Waals surface area contributed by atoms with Crippen molar-refractivity contribution >= 4 is 45.8 Å². The smallest absolute Gasteiger partial charge is 0.341 e. The third-order valence-electron chi connectivity index (χ3n) is 6.74. The molecule has 2 aromatic heterocycles. The molecule has 0 N–H and O–H groups in total. The number of ketones is 1. The van der Waals surface area contributed by atoms with E-state index in [0.717, 1.165) is 18.9 Å². The number of Topliss-reactive ketones (excluding diaryl/α,β-unsaturated/α-hetero) is 1. The number of carbonyl (C=O) groups is 2. The largest absolute Gasteiger partial charge is 0.433 e. The Morgan fingerprint density at radius 2 is 1.81 bits per heavy atom. The van der Waals surface area contributed by atoms with Gasteiger partial charge in [0.25, 0.3) is 5.91 Å². The first-order valence-corrected chi connectivity index (χ1v) is 12.4. The summed E-state index contributed by atoms with van der Waals surface area (Å²) in [5, 5.41) is 1.02. The topological polar surface area (TPSA) is 55.2 Å². The number of amides is 1. The van der Waals surface area contributed by atoms with E-state index in [-0.39, 0.29) is 34.9 Å². The molecule has 36 heavy (non-hydrogen) atoms. The maximum Gasteiger partial charge on any atom is 0.433 e. The fourth-order valence-electron chi connectivity index (χ4n) is 4.96. The van der Waals surface area contributed by atoms with Gasteiger partial charge < -0.3 is 14.3 Å². The summed E-state index contributed by atoms with van der Waals surface area (Å²) in [5.41, 5.74) is 1.34. The standard InChI is InChI=1S/C26H26Cl2F3N3O2/c1-14-12-34(24-16(3)32-22(11-19(14)24)26(29,30)31)13-20-21(27)5-4-18(23(20)28)25(36)33-8-6-17(7-9-33)10-15(2)35/h4-5,11-12,17H,6-10,13H2,1-3H3. The van der Waals surface area contributed by atoms with Gasteiger partial charge in [-0.05, 0) is 63.3 Å². The van der Waals surface area contributed by atoms with Gasteiger partial charge in [-0.3, -0.25) is 4.79 Å². The van der Waals surface area contributed by atoms with Crippen LogP contribution >= 0.6 is 23.2 Å². The zero-order valence-corrected chi connectivity index (χ0v) is 21.7. The summed E-state index contributed by atoms with van der Waals surface area (Å²) in [6.07, 6.45) is -0.777. The molecule has 3 heterocycles. The van der Waals surface area contributed by atoms with Gasteiger partial charge in [-0.25, -0.2) is 4.98 Å². The number of rotatable bonds is 5. The number of hydrogen-bond donors (Lipinski definition) is 0. The van der Waals surface area contributed by atoms with Crippen LogP contribution in [0.1, 0.15) is 59.1 Å². The number of alkyl halides is 3. The van der Waals surface area contributed by atoms with E-state index in [2.05, 4.69) is 4.98 Å². The molecule has 1 fully saturated rings. The van der Waals surface area contributed by atoms with Crippen molar-refractivity contribution < 1.29 is 22.8 Å². The van der Waals surface area contributed by atoms with Crippen LogP contribution in [0.5, 0.6) is 0 Å². The summed E-state index contributed by atoms with van der Waals surface area (Å²) in [4.78, 5) is 30.2. The number of nitrogens with zero attached hydrogens (tertiary/aromatic N) is 3. The van der Waals surface area contributed by atoms with Crippen LogP contribution in [0.15, 0.2) is 24.4 Å². The summed E-state index contributed by atoms with van der Waals surface area (Å²) >= 11 is 13.2. The van der Waals surface area contributed by atoms with Crippen LogP contribution in [0.25, 0.3) is 10.9 Å². The van der Waals surface area contributed by atoms with Gasteiger partial charge in [-0.15, -0.1) is 0 Å². The third kappa shape index (κ3) is 5.25. The molecular weight excluding hydrogens is 514 g/mol. The van der Waals surface area contributed by atoms with Gasteiger partial charge in [-0.1, -0.05) is 23.2 Å². The first-order valence-electron chi connectivity index (χ1n) is 11.7. The van der Waals surface area contributed by atoms with E-state index in [0.29, 0.717) is 52.1 Å². The van der Waals surface area contributed by atoms with Gasteiger partial charge in [0.05, 0.1) is 28.3 Å². The molecule has 0 bridgehead atoms. The SMILES string of the molecule is CC(=O)CC1CCN(C(=O)c2ccc(Cl)c(Cn3cc(C)c4cc(C(F)(F)F)nc(C)c43)c2Cl)CC1. The van der Waals surface area contributed by atoms with Gasteiger partial charge in [0.1, 0.15) is 11.5 Å². The lowest BCUT2D eigenvalue weighted by atomic mass is 9.91. The predicted molar refractivity (Wildman–Crippen MR) is 134 cm³/mol. The van der Waals surface area contributed by atoms with Crippen molar-refractivity contribution in [2.75, 3.05) is 13.1 Å². The van der Waals surface area contributed by atoms with Crippen LogP contribution in [-0.4, -0.2) is 39.2 Å². The maximum atomic E-state index is 13.3. The normalized spacial score (nSPS) is 15.1. The van der Waals surface area contributed by atoms with Gasteiger partial charge in [0, 0.05) is 41.7 Å². The van der Waals surface area contributed by atoms with E-state index in [9.17, 15) is 22.8 Å². The molecule has 1 saturated heterocycles. The van der Waals surface area contributed by atoms with E-state index in [1.54, 1.807) is 41.6 Å². The fourth-order valence-corrected chi connectivity index (χ4v) is 5.53. The van der Waals surface area contributed by atoms with E-state index in [4.69, 9.17) is 23.2 Å². The van der Waals surface area contributed by atoms with Crippen molar-refractivity contribution in [1.29, 1.82) is 0 Å². The lowest BCUT2D eigenvalue weighted by Gasteiger charge is -2.32. The molecule has 0 unspecified atom stereocenters. The van der Waals surface area contributed by atoms with Crippen molar-refractivity contribution in [2.24, 2.45) is 5.92 Å². The first kappa shape index (κ1) is 26.5. The van der Waals surface area contributed by atoms with E-state index < -0.39 is 11.9 Å². The number of aromatic nitrogens is 2. The minimum atomic E-state index is -4.55. The molecule has 4 rings (SSSR count). The monoisotopic (exact) mass is 539 g/mol. The predicted octanol–water partition coefficient (Wildman–Crippen LogP) is 6.86. The Labute approximate surface area is 217 Å². The van der Waals surface area contributed by atoms with Crippen molar-refractivity contribution in [2.45, 2.75) is 52.8 Å². The Balaban J connectivity index is 1.64. The van der Waals surface area contributed by atoms with Gasteiger partial charge in [0.2, 0.25) is 0 Å². The highest BCUT2D eigenvalue weighted by Gasteiger charge is 2.34. The Morgan fingerprint density at radius 3 is 2.42 bits per heavy atom. The van der Waals surface area contributed by atoms with Crippen molar-refractivity contribution in [3.8, 4) is 0 Å². The number of fused-ring (bicyclic) bond motifs is 1. The Kier molecular flexibility index (Phi) is 7.40. The Hall–Kier alpha value is -2.58. The molecule has 5 nitrogen and oxygen atoms in total. The highest BCUT2D eigenvalue weighted by atomic mass is 35.5. The van der Waals surface area contributed by atoms with Crippen LogP contribution in [0, 0.1) is 19.8 Å². The van der Waals surface area contributed by atoms with Crippen molar-refractivity contribution in [3.05, 3.63) is 62.5 Å². The molecule has 10 heteroatoms. The average molecular weight is 540 g/mol.